The van der Waals surface area contributed by atoms with Gasteiger partial charge in [0.1, 0.15) is 0 Å². The smallest absolute Gasteiger partial charge is 0.243 e. The number of amides is 1. The van der Waals surface area contributed by atoms with Gasteiger partial charge in [-0.15, -0.1) is 0 Å². The van der Waals surface area contributed by atoms with Crippen molar-refractivity contribution in [3.8, 4) is 0 Å². The quantitative estimate of drug-likeness (QED) is 0.548. The van der Waals surface area contributed by atoms with Gasteiger partial charge in [0.15, 0.2) is 0 Å². The number of unbranched alkanes of at least 4 members (excludes halogenated alkanes) is 3. The molecule has 1 saturated heterocycles. The minimum absolute atomic E-state index is 0.0491. The molecule has 17 heavy (non-hydrogen) atoms. The highest BCUT2D eigenvalue weighted by Crippen LogP contribution is 2.12. The van der Waals surface area contributed by atoms with E-state index in [2.05, 4.69) is 12.2 Å². The number of nitrogens with one attached hydrogen (secondary N) is 1. The summed E-state index contributed by atoms with van der Waals surface area (Å²) in [6, 6.07) is 0. The first-order chi connectivity index (χ1) is 8.33. The van der Waals surface area contributed by atoms with Crippen molar-refractivity contribution in [1.82, 2.24) is 5.32 Å². The van der Waals surface area contributed by atoms with Crippen LogP contribution >= 0.6 is 0 Å². The Hall–Kier alpha value is -0.830. The Morgan fingerprint density at radius 3 is 2.82 bits per heavy atom. The second-order valence-electron chi connectivity index (χ2n) is 4.70. The van der Waals surface area contributed by atoms with Crippen LogP contribution in [-0.4, -0.2) is 25.7 Å². The van der Waals surface area contributed by atoms with Gasteiger partial charge < -0.3 is 10.1 Å². The molecule has 0 bridgehead atoms. The molecule has 1 aliphatic rings. The monoisotopic (exact) mass is 239 g/mol. The number of carbonyl (C=O) groups is 1. The van der Waals surface area contributed by atoms with Gasteiger partial charge in [-0.3, -0.25) is 4.79 Å². The van der Waals surface area contributed by atoms with Crippen LogP contribution in [-0.2, 0) is 9.53 Å². The number of allylic oxidation sites excluding steroid dienone is 1. The van der Waals surface area contributed by atoms with Crippen molar-refractivity contribution in [3.05, 3.63) is 12.2 Å². The summed E-state index contributed by atoms with van der Waals surface area (Å²) in [4.78, 5) is 11.5. The topological polar surface area (TPSA) is 38.3 Å². The van der Waals surface area contributed by atoms with Gasteiger partial charge >= 0.3 is 0 Å². The predicted octanol–water partition coefficient (Wildman–Crippen LogP) is 2.67. The van der Waals surface area contributed by atoms with E-state index in [4.69, 9.17) is 4.74 Å². The summed E-state index contributed by atoms with van der Waals surface area (Å²) in [6.07, 6.45) is 10.5. The van der Waals surface area contributed by atoms with Crippen molar-refractivity contribution in [2.45, 2.75) is 45.4 Å². The van der Waals surface area contributed by atoms with Crippen LogP contribution in [0.15, 0.2) is 12.2 Å². The summed E-state index contributed by atoms with van der Waals surface area (Å²) in [7, 11) is 0. The fraction of sp³-hybridized carbons (Fsp3) is 0.786. The van der Waals surface area contributed by atoms with E-state index in [1.54, 1.807) is 6.08 Å². The van der Waals surface area contributed by atoms with E-state index in [1.807, 2.05) is 6.08 Å². The molecule has 0 atom stereocenters. The zero-order valence-electron chi connectivity index (χ0n) is 10.9. The van der Waals surface area contributed by atoms with Crippen molar-refractivity contribution >= 4 is 5.91 Å². The van der Waals surface area contributed by atoms with Crippen molar-refractivity contribution < 1.29 is 9.53 Å². The molecule has 1 aliphatic heterocycles. The van der Waals surface area contributed by atoms with Crippen LogP contribution in [0.1, 0.15) is 45.4 Å². The van der Waals surface area contributed by atoms with Crippen LogP contribution in [0.2, 0.25) is 0 Å². The van der Waals surface area contributed by atoms with E-state index in [0.717, 1.165) is 39.0 Å². The average Bonchev–Trinajstić information content (AvgIpc) is 2.37. The SMILES string of the molecule is CCCCCC=CC(=O)NCC1CCOCC1. The van der Waals surface area contributed by atoms with Gasteiger partial charge in [-0.1, -0.05) is 25.8 Å². The van der Waals surface area contributed by atoms with Crippen LogP contribution in [0.4, 0.5) is 0 Å². The normalized spacial score (nSPS) is 17.5. The van der Waals surface area contributed by atoms with Gasteiger partial charge in [-0.05, 0) is 37.7 Å². The van der Waals surface area contributed by atoms with Gasteiger partial charge in [-0.25, -0.2) is 0 Å². The third-order valence-corrected chi connectivity index (χ3v) is 3.15. The molecule has 1 heterocycles. The molecule has 0 saturated carbocycles. The molecular weight excluding hydrogens is 214 g/mol. The molecule has 1 rings (SSSR count). The Morgan fingerprint density at radius 2 is 2.12 bits per heavy atom. The van der Waals surface area contributed by atoms with E-state index >= 15 is 0 Å². The minimum Gasteiger partial charge on any atom is -0.381 e. The molecule has 1 amide bonds. The molecule has 0 aromatic rings. The van der Waals surface area contributed by atoms with Crippen LogP contribution < -0.4 is 5.32 Å². The molecular formula is C14H25NO2. The lowest BCUT2D eigenvalue weighted by atomic mass is 10.0. The molecule has 1 N–H and O–H groups in total. The largest absolute Gasteiger partial charge is 0.381 e. The summed E-state index contributed by atoms with van der Waals surface area (Å²) < 4.78 is 5.28. The first-order valence-corrected chi connectivity index (χ1v) is 6.85. The second-order valence-corrected chi connectivity index (χ2v) is 4.70. The first kappa shape index (κ1) is 14.2. The minimum atomic E-state index is 0.0491. The molecule has 3 heteroatoms. The van der Waals surface area contributed by atoms with Gasteiger partial charge in [0, 0.05) is 19.8 Å². The third-order valence-electron chi connectivity index (χ3n) is 3.15. The Morgan fingerprint density at radius 1 is 1.35 bits per heavy atom. The highest BCUT2D eigenvalue weighted by molar-refractivity contribution is 5.87. The molecule has 0 radical (unpaired) electrons. The van der Waals surface area contributed by atoms with Gasteiger partial charge in [0.2, 0.25) is 5.91 Å². The van der Waals surface area contributed by atoms with Crippen molar-refractivity contribution in [2.75, 3.05) is 19.8 Å². The predicted molar refractivity (Wildman–Crippen MR) is 69.8 cm³/mol. The summed E-state index contributed by atoms with van der Waals surface area (Å²) in [5.74, 6) is 0.647. The standard InChI is InChI=1S/C14H25NO2/c1-2-3-4-5-6-7-14(16)15-12-13-8-10-17-11-9-13/h6-7,13H,2-5,8-12H2,1H3,(H,15,16). The van der Waals surface area contributed by atoms with Crippen molar-refractivity contribution in [1.29, 1.82) is 0 Å². The number of hydrogen-bond acceptors (Lipinski definition) is 2. The van der Waals surface area contributed by atoms with Crippen LogP contribution in [0.5, 0.6) is 0 Å². The zero-order chi connectivity index (χ0) is 12.3. The Kier molecular flexibility index (Phi) is 7.72. The van der Waals surface area contributed by atoms with E-state index in [9.17, 15) is 4.79 Å². The van der Waals surface area contributed by atoms with Gasteiger partial charge in [0.25, 0.3) is 0 Å². The second kappa shape index (κ2) is 9.23. The number of carbonyl (C=O) groups excluding carboxylic acids is 1. The van der Waals surface area contributed by atoms with E-state index in [0.29, 0.717) is 5.92 Å². The number of hydrogen-bond donors (Lipinski definition) is 1. The van der Waals surface area contributed by atoms with Crippen LogP contribution in [0.25, 0.3) is 0 Å². The molecule has 98 valence electrons. The van der Waals surface area contributed by atoms with E-state index in [1.165, 1.54) is 19.3 Å². The zero-order valence-corrected chi connectivity index (χ0v) is 10.9. The fourth-order valence-corrected chi connectivity index (χ4v) is 1.96. The maximum Gasteiger partial charge on any atom is 0.243 e. The Labute approximate surface area is 105 Å². The first-order valence-electron chi connectivity index (χ1n) is 6.85. The molecule has 3 nitrogen and oxygen atoms in total. The van der Waals surface area contributed by atoms with E-state index in [-0.39, 0.29) is 5.91 Å². The third kappa shape index (κ3) is 7.16. The Bertz CT molecular complexity index is 232. The molecule has 0 aliphatic carbocycles. The lowest BCUT2D eigenvalue weighted by Crippen LogP contribution is -2.31. The summed E-state index contributed by atoms with van der Waals surface area (Å²) in [5.41, 5.74) is 0. The maximum atomic E-state index is 11.5. The molecule has 0 spiro atoms. The molecule has 1 fully saturated rings. The molecule has 0 aromatic heterocycles. The summed E-state index contributed by atoms with van der Waals surface area (Å²) in [6.45, 7) is 4.66. The Balaban J connectivity index is 2.03. The molecule has 0 unspecified atom stereocenters. The lowest BCUT2D eigenvalue weighted by Gasteiger charge is -2.21. The summed E-state index contributed by atoms with van der Waals surface area (Å²) >= 11 is 0. The van der Waals surface area contributed by atoms with E-state index < -0.39 is 0 Å². The fourth-order valence-electron chi connectivity index (χ4n) is 1.96. The lowest BCUT2D eigenvalue weighted by molar-refractivity contribution is -0.116. The highest BCUT2D eigenvalue weighted by Gasteiger charge is 2.13. The number of rotatable bonds is 7. The molecule has 0 aromatic carbocycles. The van der Waals surface area contributed by atoms with Crippen molar-refractivity contribution in [2.24, 2.45) is 5.92 Å². The summed E-state index contributed by atoms with van der Waals surface area (Å²) in [5, 5.41) is 2.96. The van der Waals surface area contributed by atoms with Crippen LogP contribution in [0.3, 0.4) is 0 Å². The number of ether oxygens (including phenoxy) is 1. The maximum absolute atomic E-state index is 11.5. The van der Waals surface area contributed by atoms with Crippen LogP contribution in [0, 0.1) is 5.92 Å². The van der Waals surface area contributed by atoms with Gasteiger partial charge in [-0.2, -0.15) is 0 Å². The van der Waals surface area contributed by atoms with Gasteiger partial charge in [0.05, 0.1) is 0 Å². The van der Waals surface area contributed by atoms with Crippen molar-refractivity contribution in [3.63, 3.8) is 0 Å². The highest BCUT2D eigenvalue weighted by atomic mass is 16.5. The average molecular weight is 239 g/mol.